The summed E-state index contributed by atoms with van der Waals surface area (Å²) >= 11 is 3.60. The molecule has 1 nitrogen and oxygen atoms in total. The van der Waals surface area contributed by atoms with Crippen molar-refractivity contribution in [1.29, 1.82) is 0 Å². The van der Waals surface area contributed by atoms with Gasteiger partial charge in [0.1, 0.15) is 4.38 Å². The van der Waals surface area contributed by atoms with Crippen LogP contribution < -0.4 is 24.0 Å². The maximum Gasteiger partial charge on any atom is 0.124 e. The number of aliphatic imine (C=N–C) groups is 1. The van der Waals surface area contributed by atoms with Crippen LogP contribution in [0.4, 0.5) is 0 Å². The predicted octanol–water partition coefficient (Wildman–Crippen LogP) is -1.54. The van der Waals surface area contributed by atoms with Crippen molar-refractivity contribution in [1.82, 2.24) is 0 Å². The van der Waals surface area contributed by atoms with Crippen molar-refractivity contribution in [2.75, 3.05) is 18.6 Å². The van der Waals surface area contributed by atoms with Crippen molar-refractivity contribution in [2.45, 2.75) is 0 Å². The van der Waals surface area contributed by atoms with Crippen LogP contribution in [0.25, 0.3) is 0 Å². The van der Waals surface area contributed by atoms with Gasteiger partial charge in [-0.15, -0.1) is 11.8 Å². The first kappa shape index (κ1) is 9.10. The quantitative estimate of drug-likeness (QED) is 0.489. The first-order valence-electron chi connectivity index (χ1n) is 2.15. The second kappa shape index (κ2) is 4.93. The Morgan fingerprint density at radius 1 is 1.75 bits per heavy atom. The fourth-order valence-electron chi connectivity index (χ4n) is 0.439. The smallest absolute Gasteiger partial charge is 0.124 e. The van der Waals surface area contributed by atoms with E-state index >= 15 is 0 Å². The summed E-state index contributed by atoms with van der Waals surface area (Å²) in [5, 5.41) is 0. The summed E-state index contributed by atoms with van der Waals surface area (Å²) in [4.78, 5) is 4.20. The van der Waals surface area contributed by atoms with Crippen molar-refractivity contribution < 1.29 is 24.0 Å². The van der Waals surface area contributed by atoms with Crippen LogP contribution in [0.3, 0.4) is 0 Å². The van der Waals surface area contributed by atoms with Crippen LogP contribution in [-0.2, 0) is 0 Å². The van der Waals surface area contributed by atoms with Crippen molar-refractivity contribution >= 4 is 27.9 Å². The SMILES string of the molecule is CSC1=NCCS1.[I-]. The summed E-state index contributed by atoms with van der Waals surface area (Å²) in [7, 11) is 0. The van der Waals surface area contributed by atoms with E-state index < -0.39 is 0 Å². The highest BCUT2D eigenvalue weighted by Crippen LogP contribution is 2.18. The third-order valence-electron chi connectivity index (χ3n) is 0.732. The van der Waals surface area contributed by atoms with E-state index in [1.54, 1.807) is 11.8 Å². The van der Waals surface area contributed by atoms with Gasteiger partial charge in [0.25, 0.3) is 0 Å². The first-order valence-corrected chi connectivity index (χ1v) is 4.36. The summed E-state index contributed by atoms with van der Waals surface area (Å²) in [6, 6.07) is 0. The zero-order valence-electron chi connectivity index (χ0n) is 4.56. The molecule has 0 saturated carbocycles. The van der Waals surface area contributed by atoms with Gasteiger partial charge in [-0.05, 0) is 6.26 Å². The highest BCUT2D eigenvalue weighted by molar-refractivity contribution is 8.38. The first-order chi connectivity index (χ1) is 3.43. The lowest BCUT2D eigenvalue weighted by molar-refractivity contribution is -0.00000135. The van der Waals surface area contributed by atoms with E-state index in [0.717, 1.165) is 6.54 Å². The van der Waals surface area contributed by atoms with E-state index in [4.69, 9.17) is 0 Å². The van der Waals surface area contributed by atoms with Gasteiger partial charge in [-0.25, -0.2) is 0 Å². The minimum absolute atomic E-state index is 0. The van der Waals surface area contributed by atoms with Gasteiger partial charge in [-0.2, -0.15) is 0 Å². The molecule has 0 radical (unpaired) electrons. The summed E-state index contributed by atoms with van der Waals surface area (Å²) in [6.45, 7) is 1.03. The molecule has 4 heteroatoms. The van der Waals surface area contributed by atoms with Crippen molar-refractivity contribution in [3.63, 3.8) is 0 Å². The van der Waals surface area contributed by atoms with Crippen LogP contribution in [0.1, 0.15) is 0 Å². The average Bonchev–Trinajstić information content (AvgIpc) is 2.14. The van der Waals surface area contributed by atoms with E-state index in [2.05, 4.69) is 11.2 Å². The van der Waals surface area contributed by atoms with Crippen molar-refractivity contribution in [2.24, 2.45) is 4.99 Å². The van der Waals surface area contributed by atoms with Gasteiger partial charge >= 0.3 is 0 Å². The Morgan fingerprint density at radius 2 is 2.50 bits per heavy atom. The minimum Gasteiger partial charge on any atom is -1.00 e. The lowest BCUT2D eigenvalue weighted by Crippen LogP contribution is -3.00. The molecule has 8 heavy (non-hydrogen) atoms. The molecule has 0 aromatic rings. The fraction of sp³-hybridized carbons (Fsp3) is 0.750. The molecule has 1 aliphatic rings. The molecule has 1 heterocycles. The van der Waals surface area contributed by atoms with Crippen LogP contribution in [0, 0.1) is 0 Å². The Bertz CT molecular complexity index is 94.0. The van der Waals surface area contributed by atoms with Crippen LogP contribution in [-0.4, -0.2) is 22.9 Å². The van der Waals surface area contributed by atoms with E-state index in [1.165, 1.54) is 10.1 Å². The molecule has 0 saturated heterocycles. The van der Waals surface area contributed by atoms with Crippen molar-refractivity contribution in [3.05, 3.63) is 0 Å². The van der Waals surface area contributed by atoms with E-state index in [0.29, 0.717) is 0 Å². The maximum absolute atomic E-state index is 4.20. The molecule has 0 N–H and O–H groups in total. The summed E-state index contributed by atoms with van der Waals surface area (Å²) in [5.41, 5.74) is 0. The maximum atomic E-state index is 4.20. The van der Waals surface area contributed by atoms with Gasteiger partial charge in [0, 0.05) is 5.75 Å². The lowest BCUT2D eigenvalue weighted by Gasteiger charge is -1.85. The normalized spacial score (nSPS) is 17.4. The molecule has 1 aliphatic heterocycles. The topological polar surface area (TPSA) is 12.4 Å². The fourth-order valence-corrected chi connectivity index (χ4v) is 1.92. The molecule has 0 unspecified atom stereocenters. The Hall–Kier alpha value is 1.10. The Labute approximate surface area is 75.1 Å². The summed E-state index contributed by atoms with van der Waals surface area (Å²) in [5.74, 6) is 1.19. The standard InChI is InChI=1S/C4H7NS2.HI/c1-6-4-5-2-3-7-4;/h2-3H2,1H3;1H/p-1. The molecule has 0 spiro atoms. The third-order valence-corrected chi connectivity index (χ3v) is 2.83. The molecule has 0 aromatic heterocycles. The number of rotatable bonds is 0. The number of hydrogen-bond acceptors (Lipinski definition) is 3. The van der Waals surface area contributed by atoms with Gasteiger partial charge in [0.05, 0.1) is 6.54 Å². The molecular weight excluding hydrogens is 253 g/mol. The third kappa shape index (κ3) is 2.59. The summed E-state index contributed by atoms with van der Waals surface area (Å²) < 4.78 is 1.25. The largest absolute Gasteiger partial charge is 1.00 e. The molecule has 0 fully saturated rings. The monoisotopic (exact) mass is 260 g/mol. The number of halogens is 1. The number of nitrogens with zero attached hydrogens (tertiary/aromatic N) is 1. The molecule has 48 valence electrons. The van der Waals surface area contributed by atoms with Crippen LogP contribution in [0.5, 0.6) is 0 Å². The average molecular weight is 260 g/mol. The Kier molecular flexibility index (Phi) is 5.61. The van der Waals surface area contributed by atoms with Gasteiger partial charge < -0.3 is 24.0 Å². The van der Waals surface area contributed by atoms with Crippen molar-refractivity contribution in [3.8, 4) is 0 Å². The zero-order valence-corrected chi connectivity index (χ0v) is 8.35. The highest BCUT2D eigenvalue weighted by Gasteiger charge is 2.02. The van der Waals surface area contributed by atoms with E-state index in [-0.39, 0.29) is 24.0 Å². The second-order valence-corrected chi connectivity index (χ2v) is 3.34. The second-order valence-electron chi connectivity index (χ2n) is 1.20. The molecule has 1 rings (SSSR count). The van der Waals surface area contributed by atoms with Crippen LogP contribution in [0.2, 0.25) is 0 Å². The molecule has 0 atom stereocenters. The van der Waals surface area contributed by atoms with E-state index in [1.807, 2.05) is 11.8 Å². The summed E-state index contributed by atoms with van der Waals surface area (Å²) in [6.07, 6.45) is 2.07. The number of hydrogen-bond donors (Lipinski definition) is 0. The predicted molar refractivity (Wildman–Crippen MR) is 38.3 cm³/mol. The highest BCUT2D eigenvalue weighted by atomic mass is 127. The lowest BCUT2D eigenvalue weighted by atomic mass is 10.8. The van der Waals surface area contributed by atoms with E-state index in [9.17, 15) is 0 Å². The van der Waals surface area contributed by atoms with Crippen LogP contribution in [0.15, 0.2) is 4.99 Å². The molecule has 0 aliphatic carbocycles. The van der Waals surface area contributed by atoms with Gasteiger partial charge in [0.15, 0.2) is 0 Å². The Balaban J connectivity index is 0.000000490. The molecular formula is C4H7INS2-. The minimum atomic E-state index is 0. The zero-order chi connectivity index (χ0) is 5.11. The van der Waals surface area contributed by atoms with Gasteiger partial charge in [-0.3, -0.25) is 4.99 Å². The van der Waals surface area contributed by atoms with Gasteiger partial charge in [-0.1, -0.05) is 11.8 Å². The molecule has 0 amide bonds. The molecule has 0 aromatic carbocycles. The van der Waals surface area contributed by atoms with Crippen LogP contribution >= 0.6 is 23.5 Å². The Morgan fingerprint density at radius 3 is 2.75 bits per heavy atom. The number of thioether (sulfide) groups is 2. The van der Waals surface area contributed by atoms with Gasteiger partial charge in [0.2, 0.25) is 0 Å². The molecule has 0 bridgehead atoms.